The summed E-state index contributed by atoms with van der Waals surface area (Å²) in [5, 5.41) is 5.31. The van der Waals surface area contributed by atoms with Crippen LogP contribution in [0.1, 0.15) is 29.8 Å². The van der Waals surface area contributed by atoms with Crippen molar-refractivity contribution in [1.82, 2.24) is 21.5 Å². The number of halogens is 1. The molecule has 1 aliphatic heterocycles. The molecule has 26 heavy (non-hydrogen) atoms. The van der Waals surface area contributed by atoms with Gasteiger partial charge in [0, 0.05) is 18.2 Å². The first-order valence-corrected chi connectivity index (χ1v) is 9.29. The highest BCUT2D eigenvalue weighted by Gasteiger charge is 2.39. The highest BCUT2D eigenvalue weighted by atomic mass is 79.9. The number of nitrogens with two attached hydrogens (primary N) is 1. The standard InChI is InChI=1S/C17H24BrN5O3/c1-9(2)14-13(18)15(23-22-14)17(26)20-7-10-3-5-11(6-4-10)16(25)21-8-12(19)24/h3-6,9,13-15,22-23H,7-8H2,1-2H3,(H2,19,24)(H,20,26)(H,21,25). The van der Waals surface area contributed by atoms with E-state index >= 15 is 0 Å². The number of hydrazine groups is 1. The molecule has 0 aliphatic carbocycles. The molecule has 3 atom stereocenters. The van der Waals surface area contributed by atoms with Crippen LogP contribution in [0.5, 0.6) is 0 Å². The molecule has 0 radical (unpaired) electrons. The Hall–Kier alpha value is -1.97. The van der Waals surface area contributed by atoms with Crippen LogP contribution in [0.3, 0.4) is 0 Å². The molecule has 1 aromatic carbocycles. The number of benzene rings is 1. The lowest BCUT2D eigenvalue weighted by atomic mass is 9.99. The van der Waals surface area contributed by atoms with E-state index in [0.717, 1.165) is 5.56 Å². The van der Waals surface area contributed by atoms with Gasteiger partial charge in [-0.25, -0.2) is 5.43 Å². The summed E-state index contributed by atoms with van der Waals surface area (Å²) < 4.78 is 0. The second-order valence-corrected chi connectivity index (χ2v) is 7.60. The zero-order valence-corrected chi connectivity index (χ0v) is 16.3. The molecular formula is C17H24BrN5O3. The van der Waals surface area contributed by atoms with E-state index in [1.54, 1.807) is 24.3 Å². The van der Waals surface area contributed by atoms with Crippen LogP contribution in [-0.2, 0) is 16.1 Å². The molecule has 0 spiro atoms. The van der Waals surface area contributed by atoms with Gasteiger partial charge in [-0.1, -0.05) is 41.9 Å². The summed E-state index contributed by atoms with van der Waals surface area (Å²) in [6.45, 7) is 4.33. The van der Waals surface area contributed by atoms with Crippen molar-refractivity contribution in [2.24, 2.45) is 11.7 Å². The van der Waals surface area contributed by atoms with Gasteiger partial charge < -0.3 is 16.4 Å². The first-order chi connectivity index (χ1) is 12.3. The van der Waals surface area contributed by atoms with Gasteiger partial charge in [-0.05, 0) is 23.6 Å². The maximum atomic E-state index is 12.4. The van der Waals surface area contributed by atoms with Gasteiger partial charge >= 0.3 is 0 Å². The fourth-order valence-electron chi connectivity index (χ4n) is 2.64. The maximum absolute atomic E-state index is 12.4. The Labute approximate surface area is 160 Å². The van der Waals surface area contributed by atoms with E-state index in [1.165, 1.54) is 0 Å². The van der Waals surface area contributed by atoms with Crippen molar-refractivity contribution in [2.75, 3.05) is 6.54 Å². The number of carbonyl (C=O) groups excluding carboxylic acids is 3. The summed E-state index contributed by atoms with van der Waals surface area (Å²) in [7, 11) is 0. The van der Waals surface area contributed by atoms with E-state index in [9.17, 15) is 14.4 Å². The zero-order chi connectivity index (χ0) is 19.3. The maximum Gasteiger partial charge on any atom is 0.251 e. The number of primary amides is 1. The van der Waals surface area contributed by atoms with Crippen LogP contribution in [0.25, 0.3) is 0 Å². The average molecular weight is 426 g/mol. The average Bonchev–Trinajstić information content (AvgIpc) is 2.99. The van der Waals surface area contributed by atoms with Crippen LogP contribution in [0.2, 0.25) is 0 Å². The highest BCUT2D eigenvalue weighted by Crippen LogP contribution is 2.21. The summed E-state index contributed by atoms with van der Waals surface area (Å²) in [5.41, 5.74) is 12.4. The quantitative estimate of drug-likeness (QED) is 0.386. The summed E-state index contributed by atoms with van der Waals surface area (Å²) in [6, 6.07) is 6.58. The van der Waals surface area contributed by atoms with E-state index < -0.39 is 5.91 Å². The Morgan fingerprint density at radius 1 is 1.15 bits per heavy atom. The Bertz CT molecular complexity index is 665. The molecule has 6 N–H and O–H groups in total. The van der Waals surface area contributed by atoms with E-state index in [-0.39, 0.29) is 35.3 Å². The first-order valence-electron chi connectivity index (χ1n) is 8.38. The van der Waals surface area contributed by atoms with Crippen molar-refractivity contribution in [3.63, 3.8) is 0 Å². The molecule has 1 heterocycles. The van der Waals surface area contributed by atoms with E-state index in [4.69, 9.17) is 5.73 Å². The third-order valence-electron chi connectivity index (χ3n) is 4.17. The summed E-state index contributed by atoms with van der Waals surface area (Å²) >= 11 is 3.59. The number of carbonyl (C=O) groups is 3. The van der Waals surface area contributed by atoms with Gasteiger partial charge in [-0.3, -0.25) is 19.8 Å². The lowest BCUT2D eigenvalue weighted by molar-refractivity contribution is -0.123. The van der Waals surface area contributed by atoms with Gasteiger partial charge in [0.05, 0.1) is 11.4 Å². The molecule has 0 bridgehead atoms. The minimum atomic E-state index is -0.600. The van der Waals surface area contributed by atoms with Gasteiger partial charge in [0.2, 0.25) is 11.8 Å². The number of hydrogen-bond donors (Lipinski definition) is 5. The van der Waals surface area contributed by atoms with Crippen LogP contribution in [0, 0.1) is 5.92 Å². The molecule has 1 saturated heterocycles. The molecule has 8 nitrogen and oxygen atoms in total. The monoisotopic (exact) mass is 425 g/mol. The third-order valence-corrected chi connectivity index (χ3v) is 5.27. The number of amides is 3. The van der Waals surface area contributed by atoms with Crippen LogP contribution >= 0.6 is 15.9 Å². The van der Waals surface area contributed by atoms with E-state index in [1.807, 2.05) is 0 Å². The lowest BCUT2D eigenvalue weighted by Gasteiger charge is -2.19. The smallest absolute Gasteiger partial charge is 0.251 e. The molecule has 142 valence electrons. The van der Waals surface area contributed by atoms with Crippen molar-refractivity contribution in [3.05, 3.63) is 35.4 Å². The number of hydrogen-bond acceptors (Lipinski definition) is 5. The number of alkyl halides is 1. The molecular weight excluding hydrogens is 402 g/mol. The Morgan fingerprint density at radius 2 is 1.81 bits per heavy atom. The van der Waals surface area contributed by atoms with Crippen LogP contribution in [-0.4, -0.2) is 41.2 Å². The van der Waals surface area contributed by atoms with Gasteiger partial charge in [0.1, 0.15) is 6.04 Å². The van der Waals surface area contributed by atoms with E-state index in [2.05, 4.69) is 51.3 Å². The van der Waals surface area contributed by atoms with Gasteiger partial charge in [0.25, 0.3) is 5.91 Å². The molecule has 3 amide bonds. The first kappa shape index (κ1) is 20.3. The van der Waals surface area contributed by atoms with Crippen molar-refractivity contribution < 1.29 is 14.4 Å². The lowest BCUT2D eigenvalue weighted by Crippen LogP contribution is -2.45. The summed E-state index contributed by atoms with van der Waals surface area (Å²) in [4.78, 5) is 34.9. The second-order valence-electron chi connectivity index (χ2n) is 6.54. The molecule has 1 fully saturated rings. The van der Waals surface area contributed by atoms with Crippen molar-refractivity contribution >= 4 is 33.7 Å². The van der Waals surface area contributed by atoms with Crippen molar-refractivity contribution in [2.45, 2.75) is 37.3 Å². The Balaban J connectivity index is 1.85. The molecule has 2 rings (SSSR count). The molecule has 9 heteroatoms. The van der Waals surface area contributed by atoms with Gasteiger partial charge in [-0.2, -0.15) is 0 Å². The van der Waals surface area contributed by atoms with Crippen molar-refractivity contribution in [1.29, 1.82) is 0 Å². The normalized spacial score (nSPS) is 22.2. The van der Waals surface area contributed by atoms with Crippen LogP contribution in [0.4, 0.5) is 0 Å². The Morgan fingerprint density at radius 3 is 2.35 bits per heavy atom. The summed E-state index contributed by atoms with van der Waals surface area (Å²) in [6.07, 6.45) is 0. The SMILES string of the molecule is CC(C)C1NNC(C(=O)NCc2ccc(C(=O)NCC(N)=O)cc2)C1Br. The molecule has 0 aromatic heterocycles. The zero-order valence-electron chi connectivity index (χ0n) is 14.7. The molecule has 1 aromatic rings. The highest BCUT2D eigenvalue weighted by molar-refractivity contribution is 9.09. The second kappa shape index (κ2) is 9.11. The molecule has 3 unspecified atom stereocenters. The van der Waals surface area contributed by atoms with Gasteiger partial charge in [0.15, 0.2) is 0 Å². The minimum absolute atomic E-state index is 0.00109. The topological polar surface area (TPSA) is 125 Å². The minimum Gasteiger partial charge on any atom is -0.368 e. The summed E-state index contributed by atoms with van der Waals surface area (Å²) in [5.74, 6) is -0.691. The fourth-order valence-corrected chi connectivity index (χ4v) is 3.75. The largest absolute Gasteiger partial charge is 0.368 e. The molecule has 0 saturated carbocycles. The molecule has 1 aliphatic rings. The van der Waals surface area contributed by atoms with Crippen molar-refractivity contribution in [3.8, 4) is 0 Å². The fraction of sp³-hybridized carbons (Fsp3) is 0.471. The Kier molecular flexibility index (Phi) is 7.13. The predicted molar refractivity (Wildman–Crippen MR) is 101 cm³/mol. The number of nitrogens with one attached hydrogen (secondary N) is 4. The third kappa shape index (κ3) is 5.26. The van der Waals surface area contributed by atoms with E-state index in [0.29, 0.717) is 18.0 Å². The van der Waals surface area contributed by atoms with Crippen LogP contribution < -0.4 is 27.2 Å². The van der Waals surface area contributed by atoms with Crippen LogP contribution in [0.15, 0.2) is 24.3 Å². The number of rotatable bonds is 7. The van der Waals surface area contributed by atoms with Gasteiger partial charge in [-0.15, -0.1) is 0 Å². The predicted octanol–water partition coefficient (Wildman–Crippen LogP) is -0.218.